The molecule has 27 heavy (non-hydrogen) atoms. The van der Waals surface area contributed by atoms with Crippen LogP contribution in [0.5, 0.6) is 0 Å². The molecule has 146 valence electrons. The van der Waals surface area contributed by atoms with Crippen LogP contribution in [-0.2, 0) is 4.74 Å². The van der Waals surface area contributed by atoms with Gasteiger partial charge in [-0.1, -0.05) is 15.9 Å². The van der Waals surface area contributed by atoms with E-state index in [4.69, 9.17) is 4.74 Å². The van der Waals surface area contributed by atoms with Crippen molar-refractivity contribution in [1.29, 1.82) is 0 Å². The molecule has 2 aromatic rings. The molecule has 1 aliphatic rings. The first-order valence-electron chi connectivity index (χ1n) is 8.42. The monoisotopic (exact) mass is 445 g/mol. The molecule has 1 aromatic heterocycles. The highest BCUT2D eigenvalue weighted by Crippen LogP contribution is 2.31. The molecule has 2 heterocycles. The Hall–Kier alpha value is -1.87. The molecule has 0 amide bonds. The van der Waals surface area contributed by atoms with E-state index >= 15 is 0 Å². The SMILES string of the molecule is COC(=O)c1cc(N2CCN(CC(F)(F)F)C(C)C2)c2cc(Br)ccc2n1. The van der Waals surface area contributed by atoms with E-state index in [1.165, 1.54) is 12.0 Å². The minimum atomic E-state index is -4.22. The number of hydrogen-bond donors (Lipinski definition) is 0. The van der Waals surface area contributed by atoms with E-state index < -0.39 is 18.7 Å². The summed E-state index contributed by atoms with van der Waals surface area (Å²) in [7, 11) is 1.29. The highest BCUT2D eigenvalue weighted by molar-refractivity contribution is 9.10. The first-order valence-corrected chi connectivity index (χ1v) is 9.21. The van der Waals surface area contributed by atoms with Crippen LogP contribution in [0.3, 0.4) is 0 Å². The molecule has 0 aliphatic carbocycles. The number of methoxy groups -OCH3 is 1. The number of hydrogen-bond acceptors (Lipinski definition) is 5. The lowest BCUT2D eigenvalue weighted by molar-refractivity contribution is -0.150. The van der Waals surface area contributed by atoms with Gasteiger partial charge in [0, 0.05) is 41.2 Å². The highest BCUT2D eigenvalue weighted by Gasteiger charge is 2.35. The third kappa shape index (κ3) is 4.52. The number of benzene rings is 1. The Morgan fingerprint density at radius 3 is 2.70 bits per heavy atom. The lowest BCUT2D eigenvalue weighted by atomic mass is 10.1. The van der Waals surface area contributed by atoms with Crippen LogP contribution in [0.15, 0.2) is 28.7 Å². The van der Waals surface area contributed by atoms with Crippen LogP contribution in [0.1, 0.15) is 17.4 Å². The Morgan fingerprint density at radius 2 is 2.07 bits per heavy atom. The van der Waals surface area contributed by atoms with Gasteiger partial charge in [-0.15, -0.1) is 0 Å². The van der Waals surface area contributed by atoms with Crippen molar-refractivity contribution in [2.75, 3.05) is 38.2 Å². The zero-order valence-electron chi connectivity index (χ0n) is 14.9. The summed E-state index contributed by atoms with van der Waals surface area (Å²) in [5, 5.41) is 0.827. The molecule has 0 saturated carbocycles. The molecule has 9 heteroatoms. The fourth-order valence-electron chi connectivity index (χ4n) is 3.33. The Labute approximate surface area is 163 Å². The predicted octanol–water partition coefficient (Wildman–Crippen LogP) is 3.86. The average Bonchev–Trinajstić information content (AvgIpc) is 2.61. The third-order valence-corrected chi connectivity index (χ3v) is 5.12. The van der Waals surface area contributed by atoms with Gasteiger partial charge in [-0.2, -0.15) is 13.2 Å². The van der Waals surface area contributed by atoms with Crippen LogP contribution in [0.4, 0.5) is 18.9 Å². The molecule has 1 aliphatic heterocycles. The largest absolute Gasteiger partial charge is 0.464 e. The summed E-state index contributed by atoms with van der Waals surface area (Å²) in [6.07, 6.45) is -4.22. The maximum Gasteiger partial charge on any atom is 0.401 e. The van der Waals surface area contributed by atoms with Crippen molar-refractivity contribution < 1.29 is 22.7 Å². The number of aromatic nitrogens is 1. The van der Waals surface area contributed by atoms with Crippen molar-refractivity contribution in [2.24, 2.45) is 0 Å². The van der Waals surface area contributed by atoms with Crippen LogP contribution >= 0.6 is 15.9 Å². The molecule has 1 unspecified atom stereocenters. The van der Waals surface area contributed by atoms with Gasteiger partial charge in [-0.3, -0.25) is 4.90 Å². The number of esters is 1. The number of rotatable bonds is 3. The van der Waals surface area contributed by atoms with Crippen molar-refractivity contribution in [3.63, 3.8) is 0 Å². The van der Waals surface area contributed by atoms with E-state index in [9.17, 15) is 18.0 Å². The zero-order valence-corrected chi connectivity index (χ0v) is 16.5. The summed E-state index contributed by atoms with van der Waals surface area (Å²) in [5.41, 5.74) is 1.56. The lowest BCUT2D eigenvalue weighted by Crippen LogP contribution is -2.54. The number of nitrogens with zero attached hydrogens (tertiary/aromatic N) is 3. The van der Waals surface area contributed by atoms with Gasteiger partial charge in [0.05, 0.1) is 19.2 Å². The maximum absolute atomic E-state index is 12.7. The van der Waals surface area contributed by atoms with E-state index in [1.807, 2.05) is 17.0 Å². The Bertz CT molecular complexity index is 860. The number of piperazine rings is 1. The molecule has 0 N–H and O–H groups in total. The Kier molecular flexibility index (Phi) is 5.62. The van der Waals surface area contributed by atoms with Gasteiger partial charge in [0.15, 0.2) is 5.69 Å². The van der Waals surface area contributed by atoms with E-state index in [0.29, 0.717) is 18.6 Å². The number of ether oxygens (including phenoxy) is 1. The van der Waals surface area contributed by atoms with Gasteiger partial charge in [0.2, 0.25) is 0 Å². The molecular formula is C18H19BrF3N3O2. The maximum atomic E-state index is 12.7. The van der Waals surface area contributed by atoms with Crippen LogP contribution in [0.2, 0.25) is 0 Å². The van der Waals surface area contributed by atoms with Crippen LogP contribution in [-0.4, -0.2) is 61.4 Å². The Balaban J connectivity index is 1.96. The van der Waals surface area contributed by atoms with Crippen LogP contribution < -0.4 is 4.90 Å². The van der Waals surface area contributed by atoms with Gasteiger partial charge in [0.25, 0.3) is 0 Å². The highest BCUT2D eigenvalue weighted by atomic mass is 79.9. The van der Waals surface area contributed by atoms with E-state index in [1.54, 1.807) is 19.1 Å². The summed E-state index contributed by atoms with van der Waals surface area (Å²) < 4.78 is 43.9. The molecule has 0 spiro atoms. The second-order valence-corrected chi connectivity index (χ2v) is 7.48. The van der Waals surface area contributed by atoms with Crippen molar-refractivity contribution >= 4 is 38.5 Å². The summed E-state index contributed by atoms with van der Waals surface area (Å²) in [6, 6.07) is 6.87. The van der Waals surface area contributed by atoms with Crippen molar-refractivity contribution in [1.82, 2.24) is 9.88 Å². The molecule has 1 saturated heterocycles. The zero-order chi connectivity index (χ0) is 19.8. The first-order chi connectivity index (χ1) is 12.7. The number of carbonyl (C=O) groups excluding carboxylic acids is 1. The first kappa shape index (κ1) is 19.9. The standard InChI is InChI=1S/C18H19BrF3N3O2/c1-11-9-24(5-6-25(11)10-18(20,21)22)16-8-15(17(26)27-2)23-14-4-3-12(19)7-13(14)16/h3-4,7-8,11H,5-6,9-10H2,1-2H3. The predicted molar refractivity (Wildman–Crippen MR) is 100 cm³/mol. The second-order valence-electron chi connectivity index (χ2n) is 6.56. The van der Waals surface area contributed by atoms with Crippen molar-refractivity contribution in [2.45, 2.75) is 19.1 Å². The smallest absolute Gasteiger partial charge is 0.401 e. The summed E-state index contributed by atoms with van der Waals surface area (Å²) >= 11 is 3.44. The minimum Gasteiger partial charge on any atom is -0.464 e. The minimum absolute atomic E-state index is 0.174. The average molecular weight is 446 g/mol. The van der Waals surface area contributed by atoms with Crippen LogP contribution in [0.25, 0.3) is 10.9 Å². The molecule has 0 radical (unpaired) electrons. The van der Waals surface area contributed by atoms with Gasteiger partial charge in [-0.25, -0.2) is 9.78 Å². The van der Waals surface area contributed by atoms with E-state index in [0.717, 1.165) is 15.5 Å². The topological polar surface area (TPSA) is 45.7 Å². The summed E-state index contributed by atoms with van der Waals surface area (Å²) in [4.78, 5) is 19.8. The van der Waals surface area contributed by atoms with E-state index in [-0.39, 0.29) is 18.3 Å². The van der Waals surface area contributed by atoms with Crippen LogP contribution in [0, 0.1) is 0 Å². The number of halogens is 4. The number of alkyl halides is 3. The quantitative estimate of drug-likeness (QED) is 0.671. The normalized spacial score (nSPS) is 18.7. The molecule has 1 aromatic carbocycles. The van der Waals surface area contributed by atoms with Crippen molar-refractivity contribution in [3.8, 4) is 0 Å². The molecular weight excluding hydrogens is 427 g/mol. The molecule has 5 nitrogen and oxygen atoms in total. The fraction of sp³-hybridized carbons (Fsp3) is 0.444. The number of pyridine rings is 1. The number of anilines is 1. The Morgan fingerprint density at radius 1 is 1.33 bits per heavy atom. The molecule has 0 bridgehead atoms. The molecule has 3 rings (SSSR count). The fourth-order valence-corrected chi connectivity index (χ4v) is 3.69. The van der Waals surface area contributed by atoms with Gasteiger partial charge >= 0.3 is 12.1 Å². The second kappa shape index (κ2) is 7.63. The van der Waals surface area contributed by atoms with Gasteiger partial charge in [0.1, 0.15) is 0 Å². The third-order valence-electron chi connectivity index (χ3n) is 4.63. The van der Waals surface area contributed by atoms with E-state index in [2.05, 4.69) is 20.9 Å². The number of fused-ring (bicyclic) bond motifs is 1. The number of carbonyl (C=O) groups is 1. The van der Waals surface area contributed by atoms with Gasteiger partial charge < -0.3 is 9.64 Å². The summed E-state index contributed by atoms with van der Waals surface area (Å²) in [5.74, 6) is -0.551. The molecule has 1 fully saturated rings. The molecule has 1 atom stereocenters. The van der Waals surface area contributed by atoms with Gasteiger partial charge in [-0.05, 0) is 31.2 Å². The van der Waals surface area contributed by atoms with Crippen molar-refractivity contribution in [3.05, 3.63) is 34.4 Å². The lowest BCUT2D eigenvalue weighted by Gasteiger charge is -2.41. The summed E-state index contributed by atoms with van der Waals surface area (Å²) in [6.45, 7) is 1.98.